The van der Waals surface area contributed by atoms with Gasteiger partial charge in [-0.3, -0.25) is 4.57 Å². The Balaban J connectivity index is 1.80. The number of hydrogen-bond acceptors (Lipinski definition) is 9. The van der Waals surface area contributed by atoms with Crippen LogP contribution in [0.3, 0.4) is 0 Å². The number of benzene rings is 1. The SMILES string of the molecule is CCOC(=O)c1ccc(-n2cnc3cc(OC)c(OC)cc32)nc1NC(CN)c1ccsc1. The van der Waals surface area contributed by atoms with Crippen LogP contribution < -0.4 is 20.5 Å². The van der Waals surface area contributed by atoms with Crippen LogP contribution in [0.15, 0.2) is 47.4 Å². The lowest BCUT2D eigenvalue weighted by molar-refractivity contribution is 0.0527. The second-order valence-electron chi connectivity index (χ2n) is 7.09. The van der Waals surface area contributed by atoms with Gasteiger partial charge in [0.1, 0.15) is 23.5 Å². The van der Waals surface area contributed by atoms with Crippen molar-refractivity contribution in [3.05, 3.63) is 58.5 Å². The van der Waals surface area contributed by atoms with E-state index < -0.39 is 5.97 Å². The zero-order valence-electron chi connectivity index (χ0n) is 18.6. The number of nitrogens with one attached hydrogen (secondary N) is 1. The Hall–Kier alpha value is -3.63. The summed E-state index contributed by atoms with van der Waals surface area (Å²) in [4.78, 5) is 21.8. The third kappa shape index (κ3) is 4.48. The number of hydrogen-bond donors (Lipinski definition) is 2. The fourth-order valence-corrected chi connectivity index (χ4v) is 4.22. The van der Waals surface area contributed by atoms with Gasteiger partial charge in [-0.2, -0.15) is 11.3 Å². The van der Waals surface area contributed by atoms with E-state index in [1.807, 2.05) is 27.5 Å². The van der Waals surface area contributed by atoms with Gasteiger partial charge in [0, 0.05) is 18.7 Å². The first-order valence-corrected chi connectivity index (χ1v) is 11.3. The number of methoxy groups -OCH3 is 2. The maximum Gasteiger partial charge on any atom is 0.341 e. The minimum absolute atomic E-state index is 0.212. The molecular weight excluding hydrogens is 442 g/mol. The average molecular weight is 468 g/mol. The molecule has 33 heavy (non-hydrogen) atoms. The Bertz CT molecular complexity index is 1260. The molecule has 0 aliphatic carbocycles. The van der Waals surface area contributed by atoms with E-state index in [0.717, 1.165) is 16.6 Å². The van der Waals surface area contributed by atoms with E-state index in [-0.39, 0.29) is 12.6 Å². The Morgan fingerprint density at radius 3 is 2.67 bits per heavy atom. The van der Waals surface area contributed by atoms with Crippen LogP contribution in [0.1, 0.15) is 28.9 Å². The molecule has 0 saturated heterocycles. The number of ether oxygens (including phenoxy) is 3. The Kier molecular flexibility index (Phi) is 6.76. The quantitative estimate of drug-likeness (QED) is 0.358. The summed E-state index contributed by atoms with van der Waals surface area (Å²) in [5.41, 5.74) is 8.87. The van der Waals surface area contributed by atoms with Gasteiger partial charge in [0.2, 0.25) is 0 Å². The molecule has 4 aromatic rings. The normalized spacial score (nSPS) is 11.9. The van der Waals surface area contributed by atoms with Crippen molar-refractivity contribution in [2.75, 3.05) is 32.7 Å². The summed E-state index contributed by atoms with van der Waals surface area (Å²) in [5, 5.41) is 7.32. The van der Waals surface area contributed by atoms with Crippen molar-refractivity contribution in [2.45, 2.75) is 13.0 Å². The van der Waals surface area contributed by atoms with Crippen LogP contribution in [-0.4, -0.2) is 47.9 Å². The minimum Gasteiger partial charge on any atom is -0.493 e. The molecule has 0 bridgehead atoms. The molecule has 172 valence electrons. The Morgan fingerprint density at radius 1 is 1.21 bits per heavy atom. The summed E-state index contributed by atoms with van der Waals surface area (Å²) >= 11 is 1.58. The third-order valence-corrected chi connectivity index (χ3v) is 5.87. The number of thiophene rings is 1. The van der Waals surface area contributed by atoms with Crippen molar-refractivity contribution in [3.63, 3.8) is 0 Å². The smallest absolute Gasteiger partial charge is 0.341 e. The molecule has 0 fully saturated rings. The zero-order valence-corrected chi connectivity index (χ0v) is 19.4. The van der Waals surface area contributed by atoms with Gasteiger partial charge in [0.25, 0.3) is 0 Å². The van der Waals surface area contributed by atoms with Crippen molar-refractivity contribution >= 4 is 34.2 Å². The van der Waals surface area contributed by atoms with Crippen LogP contribution in [0.2, 0.25) is 0 Å². The Morgan fingerprint density at radius 2 is 2.00 bits per heavy atom. The average Bonchev–Trinajstić information content (AvgIpc) is 3.51. The van der Waals surface area contributed by atoms with Gasteiger partial charge >= 0.3 is 5.97 Å². The second kappa shape index (κ2) is 9.88. The van der Waals surface area contributed by atoms with E-state index in [1.54, 1.807) is 57.0 Å². The lowest BCUT2D eigenvalue weighted by Gasteiger charge is -2.19. The second-order valence-corrected chi connectivity index (χ2v) is 7.87. The summed E-state index contributed by atoms with van der Waals surface area (Å²) < 4.78 is 17.9. The van der Waals surface area contributed by atoms with Crippen LogP contribution >= 0.6 is 11.3 Å². The molecule has 0 spiro atoms. The topological polar surface area (TPSA) is 114 Å². The van der Waals surface area contributed by atoms with Gasteiger partial charge in [-0.15, -0.1) is 0 Å². The van der Waals surface area contributed by atoms with Crippen molar-refractivity contribution in [1.29, 1.82) is 0 Å². The molecule has 0 aliphatic heterocycles. The maximum atomic E-state index is 12.6. The van der Waals surface area contributed by atoms with Crippen molar-refractivity contribution in [3.8, 4) is 17.3 Å². The predicted octanol–water partition coefficient (Wildman–Crippen LogP) is 3.79. The highest BCUT2D eigenvalue weighted by atomic mass is 32.1. The molecule has 1 atom stereocenters. The molecule has 3 aromatic heterocycles. The number of anilines is 1. The number of nitrogens with zero attached hydrogens (tertiary/aromatic N) is 3. The van der Waals surface area contributed by atoms with Crippen LogP contribution in [0.25, 0.3) is 16.9 Å². The zero-order chi connectivity index (χ0) is 23.4. The van der Waals surface area contributed by atoms with Gasteiger partial charge in [-0.25, -0.2) is 14.8 Å². The van der Waals surface area contributed by atoms with Gasteiger partial charge in [-0.05, 0) is 41.4 Å². The monoisotopic (exact) mass is 467 g/mol. The summed E-state index contributed by atoms with van der Waals surface area (Å²) in [6.07, 6.45) is 1.67. The van der Waals surface area contributed by atoms with Crippen molar-refractivity contribution in [1.82, 2.24) is 14.5 Å². The van der Waals surface area contributed by atoms with Crippen LogP contribution in [0, 0.1) is 0 Å². The van der Waals surface area contributed by atoms with Gasteiger partial charge in [0.15, 0.2) is 11.5 Å². The summed E-state index contributed by atoms with van der Waals surface area (Å²) in [5.74, 6) is 1.66. The van der Waals surface area contributed by atoms with Gasteiger partial charge < -0.3 is 25.3 Å². The predicted molar refractivity (Wildman–Crippen MR) is 128 cm³/mol. The first kappa shape index (κ1) is 22.6. The standard InChI is InChI=1S/C23H25N5O4S/c1-4-32-23(29)15-5-6-21(27-22(15)26-17(11-24)14-7-8-33-12-14)28-13-25-16-9-19(30-2)20(31-3)10-18(16)28/h5-10,12-13,17H,4,11,24H2,1-3H3,(H,26,27). The molecule has 0 radical (unpaired) electrons. The number of pyridine rings is 1. The number of carbonyl (C=O) groups excluding carboxylic acids is 1. The molecule has 3 N–H and O–H groups in total. The summed E-state index contributed by atoms with van der Waals surface area (Å²) in [7, 11) is 3.16. The number of carbonyl (C=O) groups is 1. The Labute approximate surface area is 195 Å². The number of rotatable bonds is 9. The molecule has 0 aliphatic rings. The number of aromatic nitrogens is 3. The van der Waals surface area contributed by atoms with Crippen LogP contribution in [-0.2, 0) is 4.74 Å². The molecule has 9 nitrogen and oxygen atoms in total. The largest absolute Gasteiger partial charge is 0.493 e. The highest BCUT2D eigenvalue weighted by Gasteiger charge is 2.20. The molecule has 0 saturated carbocycles. The number of nitrogens with two attached hydrogens (primary N) is 1. The lowest BCUT2D eigenvalue weighted by atomic mass is 10.1. The van der Waals surface area contributed by atoms with Crippen molar-refractivity contribution < 1.29 is 19.0 Å². The fraction of sp³-hybridized carbons (Fsp3) is 0.261. The summed E-state index contributed by atoms with van der Waals surface area (Å²) in [6.45, 7) is 2.36. The highest BCUT2D eigenvalue weighted by Crippen LogP contribution is 2.33. The van der Waals surface area contributed by atoms with Crippen molar-refractivity contribution in [2.24, 2.45) is 5.73 Å². The molecule has 1 unspecified atom stereocenters. The minimum atomic E-state index is -0.456. The molecule has 0 amide bonds. The fourth-order valence-electron chi connectivity index (χ4n) is 3.50. The summed E-state index contributed by atoms with van der Waals surface area (Å²) in [6, 6.07) is 8.86. The molecule has 4 rings (SSSR count). The molecule has 1 aromatic carbocycles. The van der Waals surface area contributed by atoms with E-state index in [4.69, 9.17) is 24.9 Å². The lowest BCUT2D eigenvalue weighted by Crippen LogP contribution is -2.22. The molecule has 3 heterocycles. The first-order valence-electron chi connectivity index (χ1n) is 10.4. The van der Waals surface area contributed by atoms with Gasteiger partial charge in [-0.1, -0.05) is 0 Å². The van der Waals surface area contributed by atoms with E-state index in [9.17, 15) is 4.79 Å². The van der Waals surface area contributed by atoms with Gasteiger partial charge in [0.05, 0.1) is 37.9 Å². The van der Waals surface area contributed by atoms with E-state index in [2.05, 4.69) is 10.3 Å². The highest BCUT2D eigenvalue weighted by molar-refractivity contribution is 7.08. The number of fused-ring (bicyclic) bond motifs is 1. The van der Waals surface area contributed by atoms with E-state index in [1.165, 1.54) is 0 Å². The molecule has 10 heteroatoms. The number of esters is 1. The van der Waals surface area contributed by atoms with Crippen LogP contribution in [0.5, 0.6) is 11.5 Å². The third-order valence-electron chi connectivity index (χ3n) is 5.17. The maximum absolute atomic E-state index is 12.6. The molecular formula is C23H25N5O4S. The van der Waals surface area contributed by atoms with Crippen LogP contribution in [0.4, 0.5) is 5.82 Å². The van der Waals surface area contributed by atoms with E-state index >= 15 is 0 Å². The van der Waals surface area contributed by atoms with E-state index in [0.29, 0.717) is 35.2 Å². The first-order chi connectivity index (χ1) is 16.1. The number of imidazole rings is 1.